The number of aliphatic hydroxyl groups excluding tert-OH is 1. The predicted octanol–water partition coefficient (Wildman–Crippen LogP) is 2.26. The van der Waals surface area contributed by atoms with E-state index < -0.39 is 0 Å². The number of piperidine rings is 1. The second-order valence-corrected chi connectivity index (χ2v) is 6.49. The zero-order chi connectivity index (χ0) is 14.8. The maximum atomic E-state index is 12.8. The smallest absolute Gasteiger partial charge is 0.257 e. The summed E-state index contributed by atoms with van der Waals surface area (Å²) in [4.78, 5) is 14.8. The third-order valence-corrected chi connectivity index (χ3v) is 5.15. The van der Waals surface area contributed by atoms with Crippen LogP contribution in [0.2, 0.25) is 0 Å². The molecule has 21 heavy (non-hydrogen) atoms. The molecule has 1 amide bonds. The van der Waals surface area contributed by atoms with Crippen molar-refractivity contribution in [1.82, 2.24) is 15.1 Å². The second kappa shape index (κ2) is 6.18. The molecule has 1 aromatic rings. The van der Waals surface area contributed by atoms with E-state index in [1.807, 2.05) is 11.8 Å². The number of carbonyl (C=O) groups is 1. The zero-order valence-electron chi connectivity index (χ0n) is 12.7. The molecule has 0 bridgehead atoms. The van der Waals surface area contributed by atoms with Crippen molar-refractivity contribution in [1.29, 1.82) is 0 Å². The fraction of sp³-hybridized carbons (Fsp3) is 0.750. The van der Waals surface area contributed by atoms with Crippen LogP contribution in [0.4, 0.5) is 0 Å². The Hall–Kier alpha value is -1.36. The number of aromatic nitrogens is 2. The monoisotopic (exact) mass is 291 g/mol. The van der Waals surface area contributed by atoms with E-state index in [0.29, 0.717) is 5.56 Å². The van der Waals surface area contributed by atoms with E-state index in [1.54, 1.807) is 6.20 Å². The molecule has 2 aliphatic rings. The first-order valence-corrected chi connectivity index (χ1v) is 8.17. The van der Waals surface area contributed by atoms with E-state index in [-0.39, 0.29) is 24.0 Å². The quantitative estimate of drug-likeness (QED) is 0.878. The lowest BCUT2D eigenvalue weighted by Crippen LogP contribution is -2.51. The molecule has 3 atom stereocenters. The minimum atomic E-state index is -0.248. The van der Waals surface area contributed by atoms with Gasteiger partial charge in [-0.25, -0.2) is 0 Å². The molecule has 1 saturated heterocycles. The molecule has 3 rings (SSSR count). The van der Waals surface area contributed by atoms with Gasteiger partial charge in [-0.3, -0.25) is 9.89 Å². The van der Waals surface area contributed by atoms with E-state index in [2.05, 4.69) is 10.2 Å². The van der Waals surface area contributed by atoms with Crippen molar-refractivity contribution in [3.05, 3.63) is 17.5 Å². The van der Waals surface area contributed by atoms with Gasteiger partial charge in [0.1, 0.15) is 0 Å². The number of rotatable bonds is 2. The number of aliphatic hydroxyl groups is 1. The lowest BCUT2D eigenvalue weighted by Gasteiger charge is -2.43. The summed E-state index contributed by atoms with van der Waals surface area (Å²) < 4.78 is 0. The van der Waals surface area contributed by atoms with Crippen LogP contribution >= 0.6 is 0 Å². The lowest BCUT2D eigenvalue weighted by atomic mass is 9.78. The molecule has 2 N–H and O–H groups in total. The molecule has 5 heteroatoms. The van der Waals surface area contributed by atoms with Crippen LogP contribution in [0.1, 0.15) is 61.0 Å². The standard InChI is InChI=1S/C16H25N3O2/c1-11-13(10-17-18-11)16(21)19-9-5-4-7-14(19)12-6-2-3-8-15(12)20/h10,12,14-15,20H,2-9H2,1H3,(H,17,18). The first kappa shape index (κ1) is 14.6. The largest absolute Gasteiger partial charge is 0.393 e. The number of aromatic amines is 1. The SMILES string of the molecule is Cc1[nH]ncc1C(=O)N1CCCCC1C1CCCCC1O. The average Bonchev–Trinajstić information content (AvgIpc) is 2.93. The Morgan fingerprint density at radius 3 is 2.76 bits per heavy atom. The predicted molar refractivity (Wildman–Crippen MR) is 80.0 cm³/mol. The zero-order valence-corrected chi connectivity index (χ0v) is 12.7. The van der Waals surface area contributed by atoms with Gasteiger partial charge in [-0.05, 0) is 39.0 Å². The Balaban J connectivity index is 1.81. The first-order chi connectivity index (χ1) is 10.2. The van der Waals surface area contributed by atoms with Crippen LogP contribution in [0.3, 0.4) is 0 Å². The van der Waals surface area contributed by atoms with Crippen LogP contribution in [0.15, 0.2) is 6.20 Å². The van der Waals surface area contributed by atoms with Gasteiger partial charge < -0.3 is 10.0 Å². The maximum Gasteiger partial charge on any atom is 0.257 e. The Morgan fingerprint density at radius 1 is 1.29 bits per heavy atom. The summed E-state index contributed by atoms with van der Waals surface area (Å²) in [6, 6.07) is 0.191. The van der Waals surface area contributed by atoms with Gasteiger partial charge in [-0.15, -0.1) is 0 Å². The highest BCUT2D eigenvalue weighted by Gasteiger charge is 2.38. The van der Waals surface area contributed by atoms with Crippen molar-refractivity contribution < 1.29 is 9.90 Å². The Labute approximate surface area is 125 Å². The Morgan fingerprint density at radius 2 is 2.05 bits per heavy atom. The van der Waals surface area contributed by atoms with E-state index in [1.165, 1.54) is 6.42 Å². The number of likely N-dealkylation sites (tertiary alicyclic amines) is 1. The van der Waals surface area contributed by atoms with E-state index in [0.717, 1.165) is 50.8 Å². The van der Waals surface area contributed by atoms with E-state index >= 15 is 0 Å². The third kappa shape index (κ3) is 2.84. The summed E-state index contributed by atoms with van der Waals surface area (Å²) in [6.07, 6.45) is 8.81. The van der Waals surface area contributed by atoms with Gasteiger partial charge in [0.2, 0.25) is 0 Å². The van der Waals surface area contributed by atoms with Gasteiger partial charge >= 0.3 is 0 Å². The number of aryl methyl sites for hydroxylation is 1. The first-order valence-electron chi connectivity index (χ1n) is 8.17. The summed E-state index contributed by atoms with van der Waals surface area (Å²) in [5.74, 6) is 0.318. The highest BCUT2D eigenvalue weighted by atomic mass is 16.3. The van der Waals surface area contributed by atoms with Gasteiger partial charge in [0, 0.05) is 24.2 Å². The van der Waals surface area contributed by atoms with Gasteiger partial charge in [0.25, 0.3) is 5.91 Å². The minimum Gasteiger partial charge on any atom is -0.393 e. The summed E-state index contributed by atoms with van der Waals surface area (Å²) in [6.45, 7) is 2.69. The normalized spacial score (nSPS) is 30.4. The van der Waals surface area contributed by atoms with Crippen molar-refractivity contribution in [2.75, 3.05) is 6.54 Å². The minimum absolute atomic E-state index is 0.0729. The molecular formula is C16H25N3O2. The molecule has 0 spiro atoms. The van der Waals surface area contributed by atoms with E-state index in [4.69, 9.17) is 0 Å². The van der Waals surface area contributed by atoms with Gasteiger partial charge in [0.15, 0.2) is 0 Å². The van der Waals surface area contributed by atoms with Crippen molar-refractivity contribution in [2.45, 2.75) is 64.0 Å². The molecule has 0 radical (unpaired) electrons. The van der Waals surface area contributed by atoms with Gasteiger partial charge in [-0.2, -0.15) is 5.10 Å². The number of nitrogens with zero attached hydrogens (tertiary/aromatic N) is 2. The molecule has 1 aliphatic heterocycles. The number of amides is 1. The molecule has 2 heterocycles. The topological polar surface area (TPSA) is 69.2 Å². The molecule has 2 fully saturated rings. The lowest BCUT2D eigenvalue weighted by molar-refractivity contribution is -0.00130. The molecule has 1 aromatic heterocycles. The molecule has 3 unspecified atom stereocenters. The molecule has 116 valence electrons. The third-order valence-electron chi connectivity index (χ3n) is 5.15. The molecule has 0 aromatic carbocycles. The number of hydrogen-bond donors (Lipinski definition) is 2. The maximum absolute atomic E-state index is 12.8. The Bertz CT molecular complexity index is 499. The van der Waals surface area contributed by atoms with E-state index in [9.17, 15) is 9.90 Å². The van der Waals surface area contributed by atoms with Crippen molar-refractivity contribution in [2.24, 2.45) is 5.92 Å². The summed E-state index contributed by atoms with van der Waals surface area (Å²) in [7, 11) is 0. The molecule has 1 saturated carbocycles. The molecular weight excluding hydrogens is 266 g/mol. The number of hydrogen-bond acceptors (Lipinski definition) is 3. The van der Waals surface area contributed by atoms with Gasteiger partial charge in [-0.1, -0.05) is 12.8 Å². The fourth-order valence-corrected chi connectivity index (χ4v) is 3.96. The van der Waals surface area contributed by atoms with Crippen molar-refractivity contribution >= 4 is 5.91 Å². The number of nitrogens with one attached hydrogen (secondary N) is 1. The highest BCUT2D eigenvalue weighted by molar-refractivity contribution is 5.95. The molecule has 5 nitrogen and oxygen atoms in total. The van der Waals surface area contributed by atoms with Crippen LogP contribution in [0.25, 0.3) is 0 Å². The van der Waals surface area contributed by atoms with Crippen LogP contribution in [0, 0.1) is 12.8 Å². The van der Waals surface area contributed by atoms with Gasteiger partial charge in [0.05, 0.1) is 17.9 Å². The second-order valence-electron chi connectivity index (χ2n) is 6.49. The van der Waals surface area contributed by atoms with Crippen molar-refractivity contribution in [3.63, 3.8) is 0 Å². The molecule has 1 aliphatic carbocycles. The highest BCUT2D eigenvalue weighted by Crippen LogP contribution is 2.34. The van der Waals surface area contributed by atoms with Crippen LogP contribution < -0.4 is 0 Å². The Kier molecular flexibility index (Phi) is 4.29. The number of carbonyl (C=O) groups excluding carboxylic acids is 1. The van der Waals surface area contributed by atoms with Crippen LogP contribution in [-0.4, -0.2) is 44.8 Å². The summed E-state index contributed by atoms with van der Waals surface area (Å²) >= 11 is 0. The summed E-state index contributed by atoms with van der Waals surface area (Å²) in [5.41, 5.74) is 1.50. The van der Waals surface area contributed by atoms with Crippen molar-refractivity contribution in [3.8, 4) is 0 Å². The number of H-pyrrole nitrogens is 1. The van der Waals surface area contributed by atoms with Crippen LogP contribution in [0.5, 0.6) is 0 Å². The fourth-order valence-electron chi connectivity index (χ4n) is 3.96. The average molecular weight is 291 g/mol. The summed E-state index contributed by atoms with van der Waals surface area (Å²) in [5, 5.41) is 17.2. The van der Waals surface area contributed by atoms with Crippen LogP contribution in [-0.2, 0) is 0 Å².